The van der Waals surface area contributed by atoms with Gasteiger partial charge in [0.15, 0.2) is 0 Å². The maximum absolute atomic E-state index is 11.8. The normalized spacial score (nSPS) is 19.8. The SMILES string of the molecule is O=C(Nc1cccs1)N1CC(N2C(=O)CCC2=O)C1. The standard InChI is InChI=1S/C12H13N3O3S/c16-10-3-4-11(17)15(10)8-6-14(7-8)12(18)13-9-2-1-5-19-9/h1-2,5,8H,3-4,6-7H2,(H,13,18). The summed E-state index contributed by atoms with van der Waals surface area (Å²) in [6.07, 6.45) is 0.605. The molecule has 0 aliphatic carbocycles. The highest BCUT2D eigenvalue weighted by atomic mass is 32.1. The summed E-state index contributed by atoms with van der Waals surface area (Å²) in [7, 11) is 0. The summed E-state index contributed by atoms with van der Waals surface area (Å²) >= 11 is 1.45. The molecule has 19 heavy (non-hydrogen) atoms. The van der Waals surface area contributed by atoms with Crippen LogP contribution in [0.2, 0.25) is 0 Å². The van der Waals surface area contributed by atoms with Crippen molar-refractivity contribution in [1.82, 2.24) is 9.80 Å². The van der Waals surface area contributed by atoms with Crippen LogP contribution in [0.25, 0.3) is 0 Å². The first-order chi connectivity index (χ1) is 9.15. The Kier molecular flexibility index (Phi) is 2.98. The molecule has 2 saturated heterocycles. The van der Waals surface area contributed by atoms with Gasteiger partial charge >= 0.3 is 6.03 Å². The van der Waals surface area contributed by atoms with E-state index in [9.17, 15) is 14.4 Å². The number of imide groups is 1. The van der Waals surface area contributed by atoms with Crippen LogP contribution in [0.4, 0.5) is 9.80 Å². The first kappa shape index (κ1) is 12.2. The molecule has 1 aromatic heterocycles. The molecule has 6 nitrogen and oxygen atoms in total. The predicted octanol–water partition coefficient (Wildman–Crippen LogP) is 1.11. The Balaban J connectivity index is 1.54. The highest BCUT2D eigenvalue weighted by Gasteiger charge is 2.42. The zero-order chi connectivity index (χ0) is 13.4. The summed E-state index contributed by atoms with van der Waals surface area (Å²) in [4.78, 5) is 37.8. The molecule has 2 fully saturated rings. The lowest BCUT2D eigenvalue weighted by molar-refractivity contribution is -0.144. The van der Waals surface area contributed by atoms with E-state index in [1.807, 2.05) is 17.5 Å². The molecule has 0 radical (unpaired) electrons. The molecule has 0 saturated carbocycles. The number of nitrogens with zero attached hydrogens (tertiary/aromatic N) is 2. The summed E-state index contributed by atoms with van der Waals surface area (Å²) in [6, 6.07) is 3.36. The molecule has 0 atom stereocenters. The molecule has 2 aliphatic heterocycles. The second-order valence-electron chi connectivity index (χ2n) is 4.62. The number of urea groups is 1. The Morgan fingerprint density at radius 1 is 1.26 bits per heavy atom. The molecule has 0 aromatic carbocycles. The fraction of sp³-hybridized carbons (Fsp3) is 0.417. The highest BCUT2D eigenvalue weighted by Crippen LogP contribution is 2.23. The monoisotopic (exact) mass is 279 g/mol. The van der Waals surface area contributed by atoms with Crippen molar-refractivity contribution in [3.8, 4) is 0 Å². The second-order valence-corrected chi connectivity index (χ2v) is 5.57. The Labute approximate surface area is 114 Å². The van der Waals surface area contributed by atoms with E-state index in [4.69, 9.17) is 0 Å². The molecule has 0 bridgehead atoms. The molecule has 7 heteroatoms. The summed E-state index contributed by atoms with van der Waals surface area (Å²) in [5.41, 5.74) is 0. The zero-order valence-electron chi connectivity index (χ0n) is 10.2. The first-order valence-electron chi connectivity index (χ1n) is 6.09. The number of carbonyl (C=O) groups excluding carboxylic acids is 3. The average Bonchev–Trinajstić information content (AvgIpc) is 2.91. The zero-order valence-corrected chi connectivity index (χ0v) is 11.0. The van der Waals surface area contributed by atoms with E-state index in [2.05, 4.69) is 5.32 Å². The van der Waals surface area contributed by atoms with Gasteiger partial charge < -0.3 is 4.90 Å². The molecule has 3 heterocycles. The summed E-state index contributed by atoms with van der Waals surface area (Å²) in [5, 5.41) is 5.45. The van der Waals surface area contributed by atoms with E-state index in [0.717, 1.165) is 5.00 Å². The Morgan fingerprint density at radius 2 is 1.95 bits per heavy atom. The first-order valence-corrected chi connectivity index (χ1v) is 6.97. The molecular weight excluding hydrogens is 266 g/mol. The van der Waals surface area contributed by atoms with Gasteiger partial charge in [0, 0.05) is 25.9 Å². The van der Waals surface area contributed by atoms with Gasteiger partial charge in [-0.1, -0.05) is 0 Å². The van der Waals surface area contributed by atoms with Gasteiger partial charge in [-0.2, -0.15) is 0 Å². The van der Waals surface area contributed by atoms with Crippen LogP contribution in [0.3, 0.4) is 0 Å². The van der Waals surface area contributed by atoms with Crippen LogP contribution in [0.1, 0.15) is 12.8 Å². The van der Waals surface area contributed by atoms with Gasteiger partial charge in [0.05, 0.1) is 11.0 Å². The molecule has 0 unspecified atom stereocenters. The Hall–Kier alpha value is -1.89. The average molecular weight is 279 g/mol. The van der Waals surface area contributed by atoms with E-state index in [1.54, 1.807) is 4.90 Å². The van der Waals surface area contributed by atoms with Gasteiger partial charge in [-0.3, -0.25) is 19.8 Å². The summed E-state index contributed by atoms with van der Waals surface area (Å²) in [6.45, 7) is 0.851. The van der Waals surface area contributed by atoms with Crippen molar-refractivity contribution in [3.05, 3.63) is 17.5 Å². The van der Waals surface area contributed by atoms with Crippen molar-refractivity contribution >= 4 is 34.2 Å². The Morgan fingerprint density at radius 3 is 2.53 bits per heavy atom. The van der Waals surface area contributed by atoms with Crippen LogP contribution in [0, 0.1) is 0 Å². The van der Waals surface area contributed by atoms with Gasteiger partial charge in [0.2, 0.25) is 11.8 Å². The van der Waals surface area contributed by atoms with Gasteiger partial charge in [-0.05, 0) is 17.5 Å². The van der Waals surface area contributed by atoms with Crippen molar-refractivity contribution in [1.29, 1.82) is 0 Å². The predicted molar refractivity (Wildman–Crippen MR) is 69.8 cm³/mol. The lowest BCUT2D eigenvalue weighted by atomic mass is 10.1. The number of nitrogens with one attached hydrogen (secondary N) is 1. The lowest BCUT2D eigenvalue weighted by Crippen LogP contribution is -2.62. The highest BCUT2D eigenvalue weighted by molar-refractivity contribution is 7.14. The van der Waals surface area contributed by atoms with Crippen molar-refractivity contribution < 1.29 is 14.4 Å². The van der Waals surface area contributed by atoms with E-state index < -0.39 is 0 Å². The minimum atomic E-state index is -0.183. The quantitative estimate of drug-likeness (QED) is 0.825. The molecule has 2 aliphatic rings. The maximum Gasteiger partial charge on any atom is 0.322 e. The number of hydrogen-bond acceptors (Lipinski definition) is 4. The number of thiophene rings is 1. The minimum absolute atomic E-state index is 0.117. The third-order valence-electron chi connectivity index (χ3n) is 3.36. The van der Waals surface area contributed by atoms with Crippen LogP contribution in [0.5, 0.6) is 0 Å². The largest absolute Gasteiger partial charge is 0.322 e. The molecule has 4 amide bonds. The maximum atomic E-state index is 11.8. The summed E-state index contributed by atoms with van der Waals surface area (Å²) in [5.74, 6) is -0.235. The minimum Gasteiger partial charge on any atom is -0.320 e. The third-order valence-corrected chi connectivity index (χ3v) is 4.14. The van der Waals surface area contributed by atoms with E-state index in [-0.39, 0.29) is 23.9 Å². The number of carbonyl (C=O) groups is 3. The van der Waals surface area contributed by atoms with Crippen LogP contribution < -0.4 is 5.32 Å². The van der Waals surface area contributed by atoms with E-state index in [1.165, 1.54) is 16.2 Å². The molecule has 100 valence electrons. The fourth-order valence-electron chi connectivity index (χ4n) is 2.32. The molecule has 1 N–H and O–H groups in total. The van der Waals surface area contributed by atoms with E-state index in [0.29, 0.717) is 25.9 Å². The second kappa shape index (κ2) is 4.65. The fourth-order valence-corrected chi connectivity index (χ4v) is 2.93. The van der Waals surface area contributed by atoms with Gasteiger partial charge in [0.25, 0.3) is 0 Å². The topological polar surface area (TPSA) is 69.7 Å². The number of rotatable bonds is 2. The molecule has 0 spiro atoms. The number of likely N-dealkylation sites (tertiary alicyclic amines) is 2. The lowest BCUT2D eigenvalue weighted by Gasteiger charge is -2.42. The van der Waals surface area contributed by atoms with Crippen LogP contribution >= 0.6 is 11.3 Å². The van der Waals surface area contributed by atoms with Crippen LogP contribution in [0.15, 0.2) is 17.5 Å². The smallest absolute Gasteiger partial charge is 0.320 e. The van der Waals surface area contributed by atoms with Gasteiger partial charge in [0.1, 0.15) is 0 Å². The third kappa shape index (κ3) is 2.21. The number of hydrogen-bond donors (Lipinski definition) is 1. The summed E-state index contributed by atoms with van der Waals surface area (Å²) < 4.78 is 0. The van der Waals surface area contributed by atoms with E-state index >= 15 is 0 Å². The van der Waals surface area contributed by atoms with Crippen molar-refractivity contribution in [2.24, 2.45) is 0 Å². The van der Waals surface area contributed by atoms with Crippen molar-refractivity contribution in [2.75, 3.05) is 18.4 Å². The van der Waals surface area contributed by atoms with Crippen molar-refractivity contribution in [3.63, 3.8) is 0 Å². The molecule has 1 aromatic rings. The van der Waals surface area contributed by atoms with Gasteiger partial charge in [-0.15, -0.1) is 11.3 Å². The number of anilines is 1. The van der Waals surface area contributed by atoms with Crippen molar-refractivity contribution in [2.45, 2.75) is 18.9 Å². The molecule has 3 rings (SSSR count). The molecular formula is C12H13N3O3S. The van der Waals surface area contributed by atoms with Crippen LogP contribution in [-0.2, 0) is 9.59 Å². The van der Waals surface area contributed by atoms with Gasteiger partial charge in [-0.25, -0.2) is 4.79 Å². The Bertz CT molecular complexity index is 506. The van der Waals surface area contributed by atoms with Crippen LogP contribution in [-0.4, -0.2) is 46.8 Å². The number of amides is 4.